The molecule has 0 fully saturated rings. The highest BCUT2D eigenvalue weighted by Crippen LogP contribution is 2.39. The number of nitrogens with zero attached hydrogens (tertiary/aromatic N) is 2. The van der Waals surface area contributed by atoms with E-state index in [0.29, 0.717) is 22.7 Å². The number of hydrogen-bond acceptors (Lipinski definition) is 8. The zero-order valence-corrected chi connectivity index (χ0v) is 16.6. The Hall–Kier alpha value is -2.58. The number of aromatic nitrogens is 1. The standard InChI is InChI=1S/C20H26N2O6/c1-13-16(19(23)27-11-9-25-3)18(15-7-5-6-8-21-15)17(14(2)22-13)20(24)28-12-10-26-4/h5-8,16,18H,9-12H2,1-4H3. The largest absolute Gasteiger partial charge is 0.463 e. The number of aliphatic imine (C=N–C) groups is 1. The average Bonchev–Trinajstić information content (AvgIpc) is 2.68. The highest BCUT2D eigenvalue weighted by molar-refractivity contribution is 6.06. The van der Waals surface area contributed by atoms with Crippen molar-refractivity contribution >= 4 is 17.7 Å². The minimum absolute atomic E-state index is 0.104. The lowest BCUT2D eigenvalue weighted by atomic mass is 9.77. The first-order valence-corrected chi connectivity index (χ1v) is 8.99. The van der Waals surface area contributed by atoms with Crippen LogP contribution < -0.4 is 0 Å². The van der Waals surface area contributed by atoms with Gasteiger partial charge in [0.1, 0.15) is 19.1 Å². The molecule has 1 aromatic heterocycles. The van der Waals surface area contributed by atoms with Gasteiger partial charge in [0, 0.05) is 37.5 Å². The van der Waals surface area contributed by atoms with Gasteiger partial charge in [-0.1, -0.05) is 6.07 Å². The Balaban J connectivity index is 2.41. The molecule has 2 atom stereocenters. The van der Waals surface area contributed by atoms with Crippen molar-refractivity contribution in [3.8, 4) is 0 Å². The van der Waals surface area contributed by atoms with Crippen LogP contribution in [0, 0.1) is 5.92 Å². The van der Waals surface area contributed by atoms with Gasteiger partial charge in [0.25, 0.3) is 0 Å². The summed E-state index contributed by atoms with van der Waals surface area (Å²) in [6.45, 7) is 4.24. The first kappa shape index (κ1) is 21.7. The Bertz CT molecular complexity index is 744. The topological polar surface area (TPSA) is 96.3 Å². The molecule has 0 aliphatic carbocycles. The quantitative estimate of drug-likeness (QED) is 0.469. The number of rotatable bonds is 9. The highest BCUT2D eigenvalue weighted by Gasteiger charge is 2.43. The van der Waals surface area contributed by atoms with E-state index in [0.717, 1.165) is 0 Å². The van der Waals surface area contributed by atoms with Crippen LogP contribution in [0.2, 0.25) is 0 Å². The van der Waals surface area contributed by atoms with E-state index in [9.17, 15) is 9.59 Å². The van der Waals surface area contributed by atoms with E-state index in [1.54, 1.807) is 38.2 Å². The lowest BCUT2D eigenvalue weighted by molar-refractivity contribution is -0.148. The van der Waals surface area contributed by atoms with Gasteiger partial charge in [0.15, 0.2) is 0 Å². The summed E-state index contributed by atoms with van der Waals surface area (Å²) in [5, 5.41) is 0. The number of hydrogen-bond donors (Lipinski definition) is 0. The van der Waals surface area contributed by atoms with E-state index in [-0.39, 0.29) is 26.4 Å². The SMILES string of the molecule is COCCOC(=O)C1=C(C)N=C(C)C(C(=O)OCCOC)C1c1ccccn1. The fraction of sp³-hybridized carbons (Fsp3) is 0.500. The zero-order valence-electron chi connectivity index (χ0n) is 16.6. The first-order valence-electron chi connectivity index (χ1n) is 8.99. The lowest BCUT2D eigenvalue weighted by Gasteiger charge is -2.30. The van der Waals surface area contributed by atoms with Crippen LogP contribution in [0.5, 0.6) is 0 Å². The number of carbonyl (C=O) groups is 2. The normalized spacial score (nSPS) is 19.2. The third kappa shape index (κ3) is 5.24. The van der Waals surface area contributed by atoms with E-state index in [1.807, 2.05) is 0 Å². The van der Waals surface area contributed by atoms with Crippen LogP contribution in [0.1, 0.15) is 25.5 Å². The van der Waals surface area contributed by atoms with Gasteiger partial charge < -0.3 is 18.9 Å². The maximum atomic E-state index is 12.8. The predicted octanol–water partition coefficient (Wildman–Crippen LogP) is 1.91. The summed E-state index contributed by atoms with van der Waals surface area (Å²) in [7, 11) is 3.05. The molecule has 2 heterocycles. The second-order valence-corrected chi connectivity index (χ2v) is 6.25. The maximum absolute atomic E-state index is 12.8. The smallest absolute Gasteiger partial charge is 0.336 e. The molecule has 0 aromatic carbocycles. The molecule has 152 valence electrons. The molecule has 1 aromatic rings. The number of allylic oxidation sites excluding steroid dienone is 1. The summed E-state index contributed by atoms with van der Waals surface area (Å²) in [4.78, 5) is 34.4. The third-order valence-corrected chi connectivity index (χ3v) is 4.36. The predicted molar refractivity (Wildman–Crippen MR) is 102 cm³/mol. The van der Waals surface area contributed by atoms with Crippen LogP contribution in [0.15, 0.2) is 40.7 Å². The number of carbonyl (C=O) groups excluding carboxylic acids is 2. The van der Waals surface area contributed by atoms with Gasteiger partial charge in [-0.15, -0.1) is 0 Å². The average molecular weight is 390 g/mol. The summed E-state index contributed by atoms with van der Waals surface area (Å²) in [6.07, 6.45) is 1.62. The van der Waals surface area contributed by atoms with Crippen molar-refractivity contribution in [1.82, 2.24) is 4.98 Å². The Kier molecular flexibility index (Phi) is 8.28. The van der Waals surface area contributed by atoms with E-state index >= 15 is 0 Å². The van der Waals surface area contributed by atoms with Gasteiger partial charge in [-0.25, -0.2) is 4.79 Å². The van der Waals surface area contributed by atoms with Crippen molar-refractivity contribution in [2.45, 2.75) is 19.8 Å². The monoisotopic (exact) mass is 390 g/mol. The Morgan fingerprint density at radius 2 is 1.68 bits per heavy atom. The molecule has 0 spiro atoms. The van der Waals surface area contributed by atoms with Gasteiger partial charge in [0.2, 0.25) is 0 Å². The molecule has 1 aliphatic rings. The molecule has 0 bridgehead atoms. The van der Waals surface area contributed by atoms with Crippen molar-refractivity contribution in [3.05, 3.63) is 41.4 Å². The van der Waals surface area contributed by atoms with E-state index in [4.69, 9.17) is 18.9 Å². The zero-order chi connectivity index (χ0) is 20.5. The van der Waals surface area contributed by atoms with E-state index < -0.39 is 23.8 Å². The second-order valence-electron chi connectivity index (χ2n) is 6.25. The number of pyridine rings is 1. The molecule has 2 unspecified atom stereocenters. The Morgan fingerprint density at radius 3 is 2.29 bits per heavy atom. The van der Waals surface area contributed by atoms with Gasteiger partial charge in [0.05, 0.1) is 24.7 Å². The molecular formula is C20H26N2O6. The molecule has 0 saturated carbocycles. The molecule has 28 heavy (non-hydrogen) atoms. The summed E-state index contributed by atoms with van der Waals surface area (Å²) >= 11 is 0. The number of esters is 2. The summed E-state index contributed by atoms with van der Waals surface area (Å²) in [5.41, 5.74) is 1.93. The van der Waals surface area contributed by atoms with Crippen molar-refractivity contribution in [2.24, 2.45) is 10.9 Å². The molecule has 0 radical (unpaired) electrons. The third-order valence-electron chi connectivity index (χ3n) is 4.36. The van der Waals surface area contributed by atoms with Gasteiger partial charge >= 0.3 is 11.9 Å². The van der Waals surface area contributed by atoms with Crippen molar-refractivity contribution in [3.63, 3.8) is 0 Å². The minimum atomic E-state index is -0.777. The molecular weight excluding hydrogens is 364 g/mol. The number of ether oxygens (including phenoxy) is 4. The Morgan fingerprint density at radius 1 is 1.00 bits per heavy atom. The summed E-state index contributed by atoms with van der Waals surface area (Å²) in [5.74, 6) is -2.45. The van der Waals surface area contributed by atoms with Gasteiger partial charge in [-0.2, -0.15) is 0 Å². The van der Waals surface area contributed by atoms with Crippen molar-refractivity contribution < 1.29 is 28.5 Å². The molecule has 0 amide bonds. The molecule has 2 rings (SSSR count). The first-order chi connectivity index (χ1) is 13.5. The molecule has 8 nitrogen and oxygen atoms in total. The second kappa shape index (κ2) is 10.7. The van der Waals surface area contributed by atoms with Gasteiger partial charge in [-0.3, -0.25) is 14.8 Å². The van der Waals surface area contributed by atoms with Crippen molar-refractivity contribution in [1.29, 1.82) is 0 Å². The van der Waals surface area contributed by atoms with E-state index in [2.05, 4.69) is 9.98 Å². The highest BCUT2D eigenvalue weighted by atomic mass is 16.6. The van der Waals surface area contributed by atoms with Crippen LogP contribution in [0.3, 0.4) is 0 Å². The summed E-state index contributed by atoms with van der Waals surface area (Å²) < 4.78 is 20.5. The summed E-state index contributed by atoms with van der Waals surface area (Å²) in [6, 6.07) is 5.35. The van der Waals surface area contributed by atoms with Crippen LogP contribution in [0.4, 0.5) is 0 Å². The lowest BCUT2D eigenvalue weighted by Crippen LogP contribution is -2.37. The van der Waals surface area contributed by atoms with E-state index in [1.165, 1.54) is 14.2 Å². The molecule has 0 saturated heterocycles. The fourth-order valence-corrected chi connectivity index (χ4v) is 3.10. The fourth-order valence-electron chi connectivity index (χ4n) is 3.10. The molecule has 8 heteroatoms. The Labute approximate surface area is 164 Å². The number of methoxy groups -OCH3 is 2. The van der Waals surface area contributed by atoms with Gasteiger partial charge in [-0.05, 0) is 26.0 Å². The van der Waals surface area contributed by atoms with Crippen LogP contribution >= 0.6 is 0 Å². The van der Waals surface area contributed by atoms with Crippen LogP contribution in [-0.4, -0.2) is 63.3 Å². The molecule has 0 N–H and O–H groups in total. The maximum Gasteiger partial charge on any atom is 0.336 e. The van der Waals surface area contributed by atoms with Crippen molar-refractivity contribution in [2.75, 3.05) is 40.6 Å². The van der Waals surface area contributed by atoms with Crippen LogP contribution in [-0.2, 0) is 28.5 Å². The minimum Gasteiger partial charge on any atom is -0.463 e. The van der Waals surface area contributed by atoms with Crippen LogP contribution in [0.25, 0.3) is 0 Å². The molecule has 1 aliphatic heterocycles.